The van der Waals surface area contributed by atoms with E-state index in [1.165, 1.54) is 6.07 Å². The van der Waals surface area contributed by atoms with Gasteiger partial charge in [-0.15, -0.1) is 10.2 Å². The van der Waals surface area contributed by atoms with Crippen LogP contribution in [0.25, 0.3) is 11.1 Å². The van der Waals surface area contributed by atoms with Crippen LogP contribution in [-0.2, 0) is 9.47 Å². The molecule has 0 radical (unpaired) electrons. The van der Waals surface area contributed by atoms with Crippen molar-refractivity contribution >= 4 is 28.9 Å². The van der Waals surface area contributed by atoms with E-state index >= 15 is 0 Å². The number of carbonyl (C=O) groups excluding carboxylic acids is 1. The van der Waals surface area contributed by atoms with Gasteiger partial charge in [-0.3, -0.25) is 9.48 Å². The second-order valence-electron chi connectivity index (χ2n) is 8.28. The fourth-order valence-corrected chi connectivity index (χ4v) is 4.90. The fourth-order valence-electron chi connectivity index (χ4n) is 4.76. The van der Waals surface area contributed by atoms with Gasteiger partial charge in [0, 0.05) is 29.8 Å². The van der Waals surface area contributed by atoms with Crippen LogP contribution < -0.4 is 15.8 Å². The summed E-state index contributed by atoms with van der Waals surface area (Å²) < 4.78 is 19.8. The minimum absolute atomic E-state index is 0.00737. The van der Waals surface area contributed by atoms with Crippen LogP contribution in [0.15, 0.2) is 36.7 Å². The van der Waals surface area contributed by atoms with Crippen molar-refractivity contribution < 1.29 is 19.0 Å². The number of aromatic nitrogens is 4. The third kappa shape index (κ3) is 4.08. The molecule has 2 aliphatic rings. The monoisotopic (exact) mass is 484 g/mol. The second-order valence-corrected chi connectivity index (χ2v) is 8.67. The molecule has 1 aromatic carbocycles. The summed E-state index contributed by atoms with van der Waals surface area (Å²) in [5.74, 6) is -0.758. The van der Waals surface area contributed by atoms with E-state index in [0.29, 0.717) is 30.3 Å². The molecule has 1 spiro atoms. The molecule has 34 heavy (non-hydrogen) atoms. The number of halogens is 1. The first-order valence-electron chi connectivity index (χ1n) is 11.1. The number of anilines is 2. The van der Waals surface area contributed by atoms with Crippen LogP contribution in [0.1, 0.15) is 42.2 Å². The van der Waals surface area contributed by atoms with Gasteiger partial charge in [-0.25, -0.2) is 0 Å². The van der Waals surface area contributed by atoms with E-state index in [2.05, 4.69) is 20.6 Å². The zero-order valence-electron chi connectivity index (χ0n) is 18.7. The van der Waals surface area contributed by atoms with Gasteiger partial charge in [0.05, 0.1) is 37.9 Å². The molecule has 3 heterocycles. The lowest BCUT2D eigenvalue weighted by Crippen LogP contribution is -2.43. The molecule has 11 heteroatoms. The summed E-state index contributed by atoms with van der Waals surface area (Å²) in [7, 11) is 1.58. The average molecular weight is 485 g/mol. The highest BCUT2D eigenvalue weighted by Crippen LogP contribution is 2.44. The maximum Gasteiger partial charge on any atom is 0.271 e. The number of amides is 1. The van der Waals surface area contributed by atoms with Crippen molar-refractivity contribution in [3.8, 4) is 16.9 Å². The first-order chi connectivity index (χ1) is 16.5. The summed E-state index contributed by atoms with van der Waals surface area (Å²) in [5.41, 5.74) is 8.06. The van der Waals surface area contributed by atoms with Gasteiger partial charge in [0.1, 0.15) is 11.8 Å². The molecule has 0 bridgehead atoms. The molecular weight excluding hydrogens is 460 g/mol. The Hall–Kier alpha value is -3.21. The van der Waals surface area contributed by atoms with Crippen LogP contribution in [0.2, 0.25) is 5.15 Å². The zero-order valence-corrected chi connectivity index (χ0v) is 19.4. The largest absolute Gasteiger partial charge is 0.494 e. The zero-order chi connectivity index (χ0) is 23.7. The molecule has 3 aromatic rings. The van der Waals surface area contributed by atoms with E-state index in [-0.39, 0.29) is 16.9 Å². The highest BCUT2D eigenvalue weighted by molar-refractivity contribution is 6.29. The van der Waals surface area contributed by atoms with Gasteiger partial charge in [0.2, 0.25) is 0 Å². The molecule has 1 atom stereocenters. The van der Waals surface area contributed by atoms with Gasteiger partial charge >= 0.3 is 0 Å². The Morgan fingerprint density at radius 2 is 2.09 bits per heavy atom. The highest BCUT2D eigenvalue weighted by atomic mass is 35.5. The van der Waals surface area contributed by atoms with Crippen LogP contribution in [0, 0.1) is 0 Å². The number of rotatable bonds is 6. The third-order valence-corrected chi connectivity index (χ3v) is 6.44. The molecule has 1 unspecified atom stereocenters. The molecule has 2 fully saturated rings. The van der Waals surface area contributed by atoms with Gasteiger partial charge < -0.3 is 25.3 Å². The number of hydrogen-bond acceptors (Lipinski definition) is 8. The lowest BCUT2D eigenvalue weighted by atomic mass is 9.89. The maximum atomic E-state index is 11.8. The quantitative estimate of drug-likeness (QED) is 0.542. The minimum Gasteiger partial charge on any atom is -0.494 e. The number of ether oxygens (including phenoxy) is 3. The lowest BCUT2D eigenvalue weighted by Gasteiger charge is -2.39. The number of hydrogen-bond donors (Lipinski definition) is 2. The van der Waals surface area contributed by atoms with Crippen LogP contribution >= 0.6 is 11.6 Å². The average Bonchev–Trinajstić information content (AvgIpc) is 3.50. The molecule has 2 aromatic heterocycles. The smallest absolute Gasteiger partial charge is 0.271 e. The number of nitrogens with zero attached hydrogens (tertiary/aromatic N) is 4. The van der Waals surface area contributed by atoms with Crippen molar-refractivity contribution in [1.82, 2.24) is 20.0 Å². The van der Waals surface area contributed by atoms with Crippen LogP contribution in [-0.4, -0.2) is 52.0 Å². The highest BCUT2D eigenvalue weighted by Gasteiger charge is 2.47. The second kappa shape index (κ2) is 9.21. The van der Waals surface area contributed by atoms with Gasteiger partial charge in [-0.1, -0.05) is 30.2 Å². The standard InChI is InChI=1S/C23H25ClN6O4/c1-32-21-15(5-4-6-16(21)27-17-11-19(24)28-29-20(17)22(25)31)14-12-26-30(13-14)18-7-2-3-8-23(18)33-9-10-34-23/h4-6,11-13,18H,2-3,7-10H2,1H3,(H2,25,31)(H,27,28). The summed E-state index contributed by atoms with van der Waals surface area (Å²) in [6.45, 7) is 1.21. The predicted molar refractivity (Wildman–Crippen MR) is 125 cm³/mol. The molecule has 10 nitrogen and oxygen atoms in total. The Kier molecular flexibility index (Phi) is 6.11. The Bertz CT molecular complexity index is 1210. The normalized spacial score (nSPS) is 19.3. The summed E-state index contributed by atoms with van der Waals surface area (Å²) in [5, 5.41) is 15.4. The Labute approximate surface area is 201 Å². The topological polar surface area (TPSA) is 126 Å². The summed E-state index contributed by atoms with van der Waals surface area (Å²) >= 11 is 5.99. The van der Waals surface area contributed by atoms with Gasteiger partial charge in [0.25, 0.3) is 5.91 Å². The minimum atomic E-state index is -0.721. The number of benzene rings is 1. The van der Waals surface area contributed by atoms with Gasteiger partial charge in [-0.05, 0) is 18.9 Å². The van der Waals surface area contributed by atoms with E-state index < -0.39 is 11.7 Å². The van der Waals surface area contributed by atoms with Gasteiger partial charge in [0.15, 0.2) is 16.6 Å². The molecule has 5 rings (SSSR count). The van der Waals surface area contributed by atoms with E-state index in [9.17, 15) is 4.79 Å². The molecule has 1 amide bonds. The molecular formula is C23H25ClN6O4. The fraction of sp³-hybridized carbons (Fsp3) is 0.391. The Morgan fingerprint density at radius 3 is 2.85 bits per heavy atom. The van der Waals surface area contributed by atoms with E-state index in [0.717, 1.165) is 36.8 Å². The third-order valence-electron chi connectivity index (χ3n) is 6.25. The van der Waals surface area contributed by atoms with Crippen molar-refractivity contribution in [3.63, 3.8) is 0 Å². The SMILES string of the molecule is COc1c(Nc2cc(Cl)nnc2C(N)=O)cccc1-c1cnn(C2CCCCC23OCCO3)c1. The first-order valence-corrected chi connectivity index (χ1v) is 11.5. The number of nitrogens with one attached hydrogen (secondary N) is 1. The molecule has 3 N–H and O–H groups in total. The lowest BCUT2D eigenvalue weighted by molar-refractivity contribution is -0.208. The van der Waals surface area contributed by atoms with Crippen molar-refractivity contribution in [2.24, 2.45) is 5.73 Å². The Balaban J connectivity index is 1.49. The maximum absolute atomic E-state index is 11.8. The predicted octanol–water partition coefficient (Wildman–Crippen LogP) is 3.70. The van der Waals surface area contributed by atoms with Crippen LogP contribution in [0.5, 0.6) is 5.75 Å². The van der Waals surface area contributed by atoms with Crippen molar-refractivity contribution in [2.75, 3.05) is 25.6 Å². The number of carbonyl (C=O) groups is 1. The van der Waals surface area contributed by atoms with E-state index in [4.69, 9.17) is 31.5 Å². The number of nitrogens with two attached hydrogens (primary N) is 1. The van der Waals surface area contributed by atoms with E-state index in [1.54, 1.807) is 13.3 Å². The van der Waals surface area contributed by atoms with Crippen LogP contribution in [0.4, 0.5) is 11.4 Å². The van der Waals surface area contributed by atoms with Gasteiger partial charge in [-0.2, -0.15) is 5.10 Å². The number of methoxy groups -OCH3 is 1. The molecule has 1 aliphatic carbocycles. The summed E-state index contributed by atoms with van der Waals surface area (Å²) in [6.07, 6.45) is 7.77. The van der Waals surface area contributed by atoms with Crippen molar-refractivity contribution in [2.45, 2.75) is 37.5 Å². The molecule has 1 aliphatic heterocycles. The number of primary amides is 1. The Morgan fingerprint density at radius 1 is 1.26 bits per heavy atom. The summed E-state index contributed by atoms with van der Waals surface area (Å²) in [4.78, 5) is 11.8. The van der Waals surface area contributed by atoms with Crippen molar-refractivity contribution in [3.05, 3.63) is 47.5 Å². The van der Waals surface area contributed by atoms with Crippen molar-refractivity contribution in [1.29, 1.82) is 0 Å². The van der Waals surface area contributed by atoms with E-state index in [1.807, 2.05) is 29.1 Å². The molecule has 1 saturated carbocycles. The first kappa shape index (κ1) is 22.6. The molecule has 178 valence electrons. The van der Waals surface area contributed by atoms with Crippen LogP contribution in [0.3, 0.4) is 0 Å². The summed E-state index contributed by atoms with van der Waals surface area (Å²) in [6, 6.07) is 7.14. The number of para-hydroxylation sites is 1. The molecule has 1 saturated heterocycles.